The molecule has 312 valence electrons. The summed E-state index contributed by atoms with van der Waals surface area (Å²) in [5.74, 6) is 1.74. The summed E-state index contributed by atoms with van der Waals surface area (Å²) in [4.78, 5) is 19.1. The molecule has 0 aliphatic heterocycles. The number of anilines is 3. The SMILES string of the molecule is CC1(C)c2ccccc2-c2ccc(N(c3nc(-c4cccc5c4-c4ccccc4C5(C)C)nc(-c4cccc5oc6ccccc6c45)n3)c3cccc4c3-c3ccccc3C4(C)C)cc21. The number of fused-ring (bicyclic) bond motifs is 12. The number of para-hydroxylation sites is 1. The van der Waals surface area contributed by atoms with Crippen LogP contribution < -0.4 is 4.90 Å². The van der Waals surface area contributed by atoms with E-state index in [-0.39, 0.29) is 16.2 Å². The van der Waals surface area contributed by atoms with Crippen LogP contribution in [0.15, 0.2) is 174 Å². The summed E-state index contributed by atoms with van der Waals surface area (Å²) in [6.07, 6.45) is 0. The first kappa shape index (κ1) is 37.9. The molecule has 0 N–H and O–H groups in total. The summed E-state index contributed by atoms with van der Waals surface area (Å²) in [7, 11) is 0. The Kier molecular flexibility index (Phi) is 7.70. The average molecular weight is 839 g/mol. The molecular weight excluding hydrogens is 793 g/mol. The molecule has 13 rings (SSSR count). The minimum Gasteiger partial charge on any atom is -0.456 e. The predicted octanol–water partition coefficient (Wildman–Crippen LogP) is 15.5. The van der Waals surface area contributed by atoms with Crippen molar-refractivity contribution in [1.29, 1.82) is 0 Å². The highest BCUT2D eigenvalue weighted by Crippen LogP contribution is 2.56. The van der Waals surface area contributed by atoms with E-state index >= 15 is 0 Å². The monoisotopic (exact) mass is 838 g/mol. The van der Waals surface area contributed by atoms with Crippen LogP contribution in [0.2, 0.25) is 0 Å². The van der Waals surface area contributed by atoms with Crippen molar-refractivity contribution >= 4 is 39.3 Å². The van der Waals surface area contributed by atoms with Crippen molar-refractivity contribution in [2.75, 3.05) is 4.90 Å². The third-order valence-electron chi connectivity index (χ3n) is 15.0. The number of rotatable bonds is 5. The number of furan rings is 1. The standard InChI is InChI=1S/C60H46N4O/c1-58(2)44-25-12-8-19-38(44)52-41(22-15-27-46(52)58)55-61-56(42-23-16-31-51-53(42)40-21-10-14-30-50(40)65-51)63-57(62-55)64(35-32-33-37-36-18-7-11-24-43(36)60(5,6)48(37)34-35)49-29-17-28-47-54(49)39-20-9-13-26-45(39)59(47,3)4/h7-34H,1-6H3. The average Bonchev–Trinajstić information content (AvgIpc) is 3.98. The number of benzene rings is 8. The molecule has 0 unspecified atom stereocenters. The van der Waals surface area contributed by atoms with Crippen molar-refractivity contribution in [3.8, 4) is 56.2 Å². The molecule has 3 aliphatic carbocycles. The van der Waals surface area contributed by atoms with Gasteiger partial charge in [0.25, 0.3) is 0 Å². The minimum atomic E-state index is -0.223. The largest absolute Gasteiger partial charge is 0.456 e. The summed E-state index contributed by atoms with van der Waals surface area (Å²) in [6.45, 7) is 14.0. The molecule has 65 heavy (non-hydrogen) atoms. The van der Waals surface area contributed by atoms with Crippen molar-refractivity contribution in [3.05, 3.63) is 203 Å². The van der Waals surface area contributed by atoms with E-state index in [1.54, 1.807) is 0 Å². The quantitative estimate of drug-likeness (QED) is 0.173. The molecule has 0 saturated heterocycles. The maximum Gasteiger partial charge on any atom is 0.238 e. The molecule has 2 aromatic heterocycles. The normalized spacial score (nSPS) is 15.3. The molecule has 0 atom stereocenters. The molecule has 2 heterocycles. The first-order chi connectivity index (χ1) is 31.5. The van der Waals surface area contributed by atoms with Crippen molar-refractivity contribution in [3.63, 3.8) is 0 Å². The van der Waals surface area contributed by atoms with Crippen LogP contribution in [0.4, 0.5) is 17.3 Å². The van der Waals surface area contributed by atoms with Crippen LogP contribution in [0, 0.1) is 0 Å². The van der Waals surface area contributed by atoms with Gasteiger partial charge in [0, 0.05) is 49.4 Å². The molecule has 0 bridgehead atoms. The summed E-state index contributed by atoms with van der Waals surface area (Å²) >= 11 is 0. The molecule has 0 radical (unpaired) electrons. The number of hydrogen-bond acceptors (Lipinski definition) is 5. The Balaban J connectivity index is 1.14. The molecule has 5 nitrogen and oxygen atoms in total. The lowest BCUT2D eigenvalue weighted by atomic mass is 9.82. The zero-order chi connectivity index (χ0) is 44.0. The molecule has 3 aliphatic rings. The summed E-state index contributed by atoms with van der Waals surface area (Å²) in [5.41, 5.74) is 20.0. The van der Waals surface area contributed by atoms with E-state index in [2.05, 4.69) is 192 Å². The van der Waals surface area contributed by atoms with E-state index < -0.39 is 0 Å². The van der Waals surface area contributed by atoms with Crippen molar-refractivity contribution in [2.24, 2.45) is 0 Å². The molecule has 0 amide bonds. The third-order valence-corrected chi connectivity index (χ3v) is 15.0. The van der Waals surface area contributed by atoms with Crippen LogP contribution in [0.25, 0.3) is 78.1 Å². The van der Waals surface area contributed by atoms with Gasteiger partial charge in [-0.25, -0.2) is 4.98 Å². The third kappa shape index (κ3) is 5.18. The lowest BCUT2D eigenvalue weighted by Gasteiger charge is -2.29. The van der Waals surface area contributed by atoms with E-state index in [4.69, 9.17) is 19.4 Å². The van der Waals surface area contributed by atoms with Gasteiger partial charge in [0.1, 0.15) is 11.2 Å². The highest BCUT2D eigenvalue weighted by atomic mass is 16.3. The Morgan fingerprint density at radius 1 is 0.385 bits per heavy atom. The highest BCUT2D eigenvalue weighted by Gasteiger charge is 2.41. The zero-order valence-electron chi connectivity index (χ0n) is 37.4. The van der Waals surface area contributed by atoms with Gasteiger partial charge in [0.15, 0.2) is 11.6 Å². The second-order valence-electron chi connectivity index (χ2n) is 19.6. The lowest BCUT2D eigenvalue weighted by molar-refractivity contribution is 0.660. The molecule has 10 aromatic rings. The van der Waals surface area contributed by atoms with E-state index in [1.807, 2.05) is 24.3 Å². The van der Waals surface area contributed by atoms with Gasteiger partial charge in [-0.3, -0.25) is 4.90 Å². The summed E-state index contributed by atoms with van der Waals surface area (Å²) in [6, 6.07) is 61.2. The van der Waals surface area contributed by atoms with Crippen LogP contribution >= 0.6 is 0 Å². The van der Waals surface area contributed by atoms with Gasteiger partial charge >= 0.3 is 0 Å². The van der Waals surface area contributed by atoms with E-state index in [1.165, 1.54) is 66.8 Å². The van der Waals surface area contributed by atoms with Crippen LogP contribution in [0.3, 0.4) is 0 Å². The number of aromatic nitrogens is 3. The minimum absolute atomic E-state index is 0.201. The van der Waals surface area contributed by atoms with Gasteiger partial charge < -0.3 is 4.42 Å². The van der Waals surface area contributed by atoms with Gasteiger partial charge in [0.05, 0.1) is 5.69 Å². The Hall–Kier alpha value is -7.63. The summed E-state index contributed by atoms with van der Waals surface area (Å²) < 4.78 is 6.48. The Morgan fingerprint density at radius 3 is 1.62 bits per heavy atom. The van der Waals surface area contributed by atoms with Crippen LogP contribution in [-0.2, 0) is 16.2 Å². The van der Waals surface area contributed by atoms with Crippen LogP contribution in [0.5, 0.6) is 0 Å². The first-order valence-corrected chi connectivity index (χ1v) is 22.7. The van der Waals surface area contributed by atoms with E-state index in [9.17, 15) is 0 Å². The summed E-state index contributed by atoms with van der Waals surface area (Å²) in [5, 5.41) is 2.01. The van der Waals surface area contributed by atoms with Crippen molar-refractivity contribution < 1.29 is 4.42 Å². The van der Waals surface area contributed by atoms with Gasteiger partial charge in [-0.05, 0) is 91.5 Å². The number of hydrogen-bond donors (Lipinski definition) is 0. The fraction of sp³-hybridized carbons (Fsp3) is 0.150. The first-order valence-electron chi connectivity index (χ1n) is 22.7. The van der Waals surface area contributed by atoms with Gasteiger partial charge in [-0.15, -0.1) is 0 Å². The van der Waals surface area contributed by atoms with E-state index in [0.29, 0.717) is 17.6 Å². The van der Waals surface area contributed by atoms with Crippen molar-refractivity contribution in [1.82, 2.24) is 15.0 Å². The van der Waals surface area contributed by atoms with Gasteiger partial charge in [0.2, 0.25) is 5.95 Å². The van der Waals surface area contributed by atoms with Gasteiger partial charge in [-0.2, -0.15) is 9.97 Å². The molecule has 0 saturated carbocycles. The molecule has 8 aromatic carbocycles. The molecule has 0 spiro atoms. The topological polar surface area (TPSA) is 55.1 Å². The van der Waals surface area contributed by atoms with Crippen molar-refractivity contribution in [2.45, 2.75) is 57.8 Å². The second-order valence-corrected chi connectivity index (χ2v) is 19.6. The van der Waals surface area contributed by atoms with Gasteiger partial charge in [-0.1, -0.05) is 181 Å². The predicted molar refractivity (Wildman–Crippen MR) is 265 cm³/mol. The molecular formula is C60H46N4O. The fourth-order valence-corrected chi connectivity index (χ4v) is 11.7. The molecule has 0 fully saturated rings. The highest BCUT2D eigenvalue weighted by molar-refractivity contribution is 6.12. The second kappa shape index (κ2) is 13.2. The Bertz CT molecular complexity index is 3660. The number of nitrogens with zero attached hydrogens (tertiary/aromatic N) is 4. The molecule has 5 heteroatoms. The Labute approximate surface area is 379 Å². The van der Waals surface area contributed by atoms with E-state index in [0.717, 1.165) is 44.4 Å². The fourth-order valence-electron chi connectivity index (χ4n) is 11.7. The Morgan fingerprint density at radius 2 is 0.877 bits per heavy atom. The van der Waals surface area contributed by atoms with Crippen LogP contribution in [0.1, 0.15) is 74.9 Å². The maximum absolute atomic E-state index is 6.48. The maximum atomic E-state index is 6.48. The lowest BCUT2D eigenvalue weighted by Crippen LogP contribution is -2.19. The van der Waals surface area contributed by atoms with Crippen LogP contribution in [-0.4, -0.2) is 15.0 Å². The zero-order valence-corrected chi connectivity index (χ0v) is 37.4. The smallest absolute Gasteiger partial charge is 0.238 e.